The molecule has 5 aromatic rings. The molecule has 5 aliphatic heterocycles. The fourth-order valence-corrected chi connectivity index (χ4v) is 15.6. The van der Waals surface area contributed by atoms with E-state index in [1.807, 2.05) is 6.07 Å². The van der Waals surface area contributed by atoms with Crippen LogP contribution in [-0.4, -0.2) is 138 Å². The summed E-state index contributed by atoms with van der Waals surface area (Å²) in [4.78, 5) is 110. The van der Waals surface area contributed by atoms with Gasteiger partial charge in [0.05, 0.1) is 31.7 Å². The first-order valence-electron chi connectivity index (χ1n) is 29.9. The molecular formula is C64H69N5O20S3. The fraction of sp³-hybridized carbons (Fsp3) is 0.406. The van der Waals surface area contributed by atoms with Gasteiger partial charge >= 0.3 is 0 Å². The van der Waals surface area contributed by atoms with Gasteiger partial charge in [0.25, 0.3) is 48.1 Å². The molecule has 488 valence electrons. The van der Waals surface area contributed by atoms with Crippen molar-refractivity contribution in [2.24, 2.45) is 5.92 Å². The van der Waals surface area contributed by atoms with Crippen LogP contribution in [0.25, 0.3) is 0 Å². The van der Waals surface area contributed by atoms with Crippen LogP contribution in [0.15, 0.2) is 91.0 Å². The number of nitrogens with one attached hydrogen (secondary N) is 2. The van der Waals surface area contributed by atoms with Crippen LogP contribution in [0.1, 0.15) is 125 Å². The Morgan fingerprint density at radius 2 is 1.13 bits per heavy atom. The van der Waals surface area contributed by atoms with Crippen LogP contribution >= 0.6 is 0 Å². The van der Waals surface area contributed by atoms with Crippen molar-refractivity contribution in [2.75, 3.05) is 28.8 Å². The number of Topliss-reactive ketones (excluding diaryl/α,β-unsaturated/α-hetero) is 2. The molecule has 3 unspecified atom stereocenters. The maximum absolute atomic E-state index is 14.4. The number of para-hydroxylation sites is 2. The molecule has 25 nitrogen and oxygen atoms in total. The van der Waals surface area contributed by atoms with Crippen molar-refractivity contribution in [1.29, 1.82) is 0 Å². The van der Waals surface area contributed by atoms with Gasteiger partial charge in [-0.3, -0.25) is 56.9 Å². The predicted molar refractivity (Wildman–Crippen MR) is 333 cm³/mol. The van der Waals surface area contributed by atoms with E-state index in [0.29, 0.717) is 44.9 Å². The maximum atomic E-state index is 14.4. The van der Waals surface area contributed by atoms with Crippen molar-refractivity contribution in [3.8, 4) is 17.2 Å². The number of carbonyl (C=O) groups excluding carboxylic acids is 8. The van der Waals surface area contributed by atoms with Crippen LogP contribution in [0.4, 0.5) is 17.1 Å². The maximum Gasteiger partial charge on any atom is 0.277 e. The van der Waals surface area contributed by atoms with Gasteiger partial charge in [0, 0.05) is 66.3 Å². The van der Waals surface area contributed by atoms with Crippen molar-refractivity contribution in [1.82, 2.24) is 10.2 Å². The zero-order valence-electron chi connectivity index (χ0n) is 50.7. The first-order chi connectivity index (χ1) is 43.5. The van der Waals surface area contributed by atoms with Crippen molar-refractivity contribution >= 4 is 94.4 Å². The van der Waals surface area contributed by atoms with Crippen LogP contribution in [0.3, 0.4) is 0 Å². The van der Waals surface area contributed by atoms with E-state index in [9.17, 15) is 77.3 Å². The summed E-state index contributed by atoms with van der Waals surface area (Å²) in [6, 6.07) is 22.4. The average molecular weight is 1320 g/mol. The quantitative estimate of drug-likeness (QED) is 0.0258. The highest BCUT2D eigenvalue weighted by Crippen LogP contribution is 2.44. The Morgan fingerprint density at radius 1 is 0.609 bits per heavy atom. The third kappa shape index (κ3) is 14.3. The van der Waals surface area contributed by atoms with Crippen molar-refractivity contribution < 1.29 is 91.5 Å². The molecule has 92 heavy (non-hydrogen) atoms. The van der Waals surface area contributed by atoms with E-state index in [2.05, 4.69) is 10.6 Å². The van der Waals surface area contributed by atoms with Crippen molar-refractivity contribution in [2.45, 2.75) is 145 Å². The number of ketones is 2. The van der Waals surface area contributed by atoms with Crippen LogP contribution in [-0.2, 0) is 98.0 Å². The largest absolute Gasteiger partial charge is 0.493 e. The molecule has 1 fully saturated rings. The van der Waals surface area contributed by atoms with Crippen LogP contribution in [0.5, 0.6) is 17.2 Å². The van der Waals surface area contributed by atoms with Gasteiger partial charge in [-0.05, 0) is 152 Å². The normalized spacial score (nSPS) is 19.9. The zero-order chi connectivity index (χ0) is 66.3. The molecule has 5 heterocycles. The number of aryl methyl sites for hydroxylation is 1. The standard InChI is InChI=1S/C64H69N5O20S3/c1-35-20-46-42(29-56(90(78,79)80)50-25-40-12-5-8-16-48(40)68(50)62(46)75)27-53(35)88-33-38-22-39(34-89-55-28-43-30-57(91(81,82)83)51-26-41-13-6-9-17-49(41)69(51)63(76)47(43)31-54(55)87-4)24-44(23-38)66-61(74)36(2)21-52(71)37(3)65-59(72)18-10-7-14-45(70)15-11-19-67-60(73)32-58(64(67)77)92(84,85)86/h5-6,8-9,12-13,16-17,20,22-24,27-28,31,36-37,50-51,56-58H,7,10-11,14-15,18-19,21,25-26,29-30,32-34H2,1-4H3,(H,65,72)(H,66,74)(H,78,79,80)(H,81,82,83)(H,84,85,86)/t36-,37+,50+,51+,56?,57?,58?/m1/s1. The highest BCUT2D eigenvalue weighted by atomic mass is 32.2. The number of fused-ring (bicyclic) bond motifs is 8. The second-order valence-electron chi connectivity index (χ2n) is 24.0. The van der Waals surface area contributed by atoms with E-state index >= 15 is 0 Å². The minimum atomic E-state index is -4.75. The zero-order valence-corrected chi connectivity index (χ0v) is 53.1. The summed E-state index contributed by atoms with van der Waals surface area (Å²) in [5.41, 5.74) is 5.25. The van der Waals surface area contributed by atoms with Crippen LogP contribution in [0.2, 0.25) is 0 Å². The number of methoxy groups -OCH3 is 1. The fourth-order valence-electron chi connectivity index (χ4n) is 12.9. The molecule has 5 aliphatic rings. The lowest BCUT2D eigenvalue weighted by molar-refractivity contribution is -0.138. The number of hydrogen-bond donors (Lipinski definition) is 5. The topological polar surface area (TPSA) is 361 Å². The molecule has 0 radical (unpaired) electrons. The number of rotatable bonds is 25. The number of anilines is 3. The lowest BCUT2D eigenvalue weighted by Gasteiger charge is -2.27. The molecule has 5 N–H and O–H groups in total. The lowest BCUT2D eigenvalue weighted by Crippen LogP contribution is -2.47. The number of nitrogens with zero attached hydrogens (tertiary/aromatic N) is 3. The number of likely N-dealkylation sites (tertiary alicyclic amines) is 1. The molecule has 1 saturated heterocycles. The summed E-state index contributed by atoms with van der Waals surface area (Å²) >= 11 is 0. The SMILES string of the molecule is COc1cc2c(cc1OCc1cc(COc3cc4c(cc3C)C(=O)N3c5ccccc5C[C@H]3C(S(=O)(=O)O)C4)cc(NC(=O)[C@H](C)CC(=O)[C@H](C)NC(=O)CCCCC(=O)CCCN3C(=O)CC(S(=O)(=O)O)C3=O)c1)CC(S(=O)(=O)O)[C@@H]1Cc3ccccc3N1C2=O. The summed E-state index contributed by atoms with van der Waals surface area (Å²) in [6.07, 6.45) is -0.319. The minimum Gasteiger partial charge on any atom is -0.493 e. The highest BCUT2D eigenvalue weighted by Gasteiger charge is 2.50. The molecule has 7 atom stereocenters. The lowest BCUT2D eigenvalue weighted by atomic mass is 9.97. The van der Waals surface area contributed by atoms with E-state index in [0.717, 1.165) is 11.1 Å². The molecule has 0 aromatic heterocycles. The average Bonchev–Trinajstić information content (AvgIpc) is 1.61. The number of ether oxygens (including phenoxy) is 3. The van der Waals surface area contributed by atoms with E-state index in [4.69, 9.17) is 14.2 Å². The van der Waals surface area contributed by atoms with Gasteiger partial charge in [0.2, 0.25) is 17.7 Å². The number of amides is 6. The number of benzene rings is 5. The summed E-state index contributed by atoms with van der Waals surface area (Å²) < 4.78 is 124. The number of carbonyl (C=O) groups is 8. The monoisotopic (exact) mass is 1320 g/mol. The van der Waals surface area contributed by atoms with E-state index in [1.54, 1.807) is 79.7 Å². The molecule has 0 saturated carbocycles. The second kappa shape index (κ2) is 26.7. The molecule has 10 rings (SSSR count). The first kappa shape index (κ1) is 66.5. The molecular weight excluding hydrogens is 1250 g/mol. The van der Waals surface area contributed by atoms with E-state index in [1.165, 1.54) is 42.9 Å². The Hall–Kier alpha value is -8.41. The summed E-state index contributed by atoms with van der Waals surface area (Å²) in [5.74, 6) is -4.89. The number of imide groups is 1. The predicted octanol–water partition coefficient (Wildman–Crippen LogP) is 5.89. The van der Waals surface area contributed by atoms with Gasteiger partial charge in [-0.25, -0.2) is 0 Å². The first-order valence-corrected chi connectivity index (χ1v) is 34.4. The Morgan fingerprint density at radius 3 is 1.67 bits per heavy atom. The Balaban J connectivity index is 0.824. The van der Waals surface area contributed by atoms with Gasteiger partial charge in [0.1, 0.15) is 35.2 Å². The van der Waals surface area contributed by atoms with Gasteiger partial charge < -0.3 is 34.6 Å². The van der Waals surface area contributed by atoms with E-state index < -0.39 is 118 Å². The smallest absolute Gasteiger partial charge is 0.277 e. The molecule has 6 amide bonds. The van der Waals surface area contributed by atoms with Gasteiger partial charge in [-0.2, -0.15) is 25.3 Å². The molecule has 0 spiro atoms. The molecule has 5 aromatic carbocycles. The summed E-state index contributed by atoms with van der Waals surface area (Å²) in [7, 11) is -12.8. The number of unbranched alkanes of at least 4 members (excludes halogenated alkanes) is 1. The second-order valence-corrected chi connectivity index (χ2v) is 28.9. The minimum absolute atomic E-state index is 0.0200. The number of hydrogen-bond acceptors (Lipinski definition) is 17. The van der Waals surface area contributed by atoms with Gasteiger partial charge in [0.15, 0.2) is 22.5 Å². The third-order valence-electron chi connectivity index (χ3n) is 17.6. The van der Waals surface area contributed by atoms with Gasteiger partial charge in [-0.15, -0.1) is 0 Å². The summed E-state index contributed by atoms with van der Waals surface area (Å²) in [5, 5.41) is 0.870. The van der Waals surface area contributed by atoms with Gasteiger partial charge in [-0.1, -0.05) is 43.3 Å². The Bertz CT molecular complexity index is 4210. The van der Waals surface area contributed by atoms with Crippen molar-refractivity contribution in [3.05, 3.63) is 141 Å². The van der Waals surface area contributed by atoms with Crippen LogP contribution < -0.4 is 34.6 Å². The van der Waals surface area contributed by atoms with Crippen molar-refractivity contribution in [3.63, 3.8) is 0 Å². The molecule has 0 bridgehead atoms. The molecule has 28 heteroatoms. The summed E-state index contributed by atoms with van der Waals surface area (Å²) in [6.45, 7) is 4.13. The van der Waals surface area contributed by atoms with Crippen LogP contribution in [0, 0.1) is 12.8 Å². The van der Waals surface area contributed by atoms with E-state index in [-0.39, 0.29) is 129 Å². The highest BCUT2D eigenvalue weighted by molar-refractivity contribution is 7.87. The third-order valence-corrected chi connectivity index (χ3v) is 21.2. The molecule has 0 aliphatic carbocycles. The Labute approximate surface area is 531 Å². The Kier molecular flexibility index (Phi) is 19.3.